The number of pyridine rings is 1. The van der Waals surface area contributed by atoms with Crippen molar-refractivity contribution in [3.8, 4) is 0 Å². The molecule has 3 heterocycles. The number of hydrogen-bond donors (Lipinski definition) is 1. The van der Waals surface area contributed by atoms with Gasteiger partial charge >= 0.3 is 0 Å². The van der Waals surface area contributed by atoms with Crippen molar-refractivity contribution in [2.24, 2.45) is 0 Å². The Hall–Kier alpha value is -1.47. The summed E-state index contributed by atoms with van der Waals surface area (Å²) in [7, 11) is 0. The van der Waals surface area contributed by atoms with Crippen molar-refractivity contribution in [3.63, 3.8) is 0 Å². The standard InChI is InChI=1S/C13H11Br2N5/c1-8(11-3-2-9(14)6-17-11)19-13-12-10(15)7-18-20(12)5-4-16-13/h2-8H,1H3,(H,16,19). The van der Waals surface area contributed by atoms with E-state index >= 15 is 0 Å². The second-order valence-electron chi connectivity index (χ2n) is 4.33. The Morgan fingerprint density at radius 1 is 1.20 bits per heavy atom. The molecule has 0 saturated carbocycles. The lowest BCUT2D eigenvalue weighted by molar-refractivity contribution is 0.827. The lowest BCUT2D eigenvalue weighted by Crippen LogP contribution is -2.10. The summed E-state index contributed by atoms with van der Waals surface area (Å²) in [6.07, 6.45) is 7.07. The molecule has 0 spiro atoms. The van der Waals surface area contributed by atoms with E-state index in [-0.39, 0.29) is 6.04 Å². The Morgan fingerprint density at radius 2 is 2.05 bits per heavy atom. The molecule has 1 atom stereocenters. The van der Waals surface area contributed by atoms with Gasteiger partial charge in [0.2, 0.25) is 0 Å². The van der Waals surface area contributed by atoms with Crippen LogP contribution in [0.25, 0.3) is 5.52 Å². The first-order valence-corrected chi connectivity index (χ1v) is 7.59. The first-order valence-electron chi connectivity index (χ1n) is 6.01. The molecule has 0 amide bonds. The van der Waals surface area contributed by atoms with E-state index < -0.39 is 0 Å². The minimum absolute atomic E-state index is 0.0450. The van der Waals surface area contributed by atoms with E-state index in [4.69, 9.17) is 0 Å². The third-order valence-electron chi connectivity index (χ3n) is 2.93. The van der Waals surface area contributed by atoms with E-state index in [1.807, 2.05) is 25.3 Å². The van der Waals surface area contributed by atoms with Gasteiger partial charge in [0, 0.05) is 23.1 Å². The SMILES string of the molecule is CC(Nc1nccn2ncc(Br)c12)c1ccc(Br)cn1. The highest BCUT2D eigenvalue weighted by molar-refractivity contribution is 9.11. The van der Waals surface area contributed by atoms with Crippen molar-refractivity contribution < 1.29 is 0 Å². The molecule has 3 aromatic heterocycles. The summed E-state index contributed by atoms with van der Waals surface area (Å²) in [5, 5.41) is 7.61. The van der Waals surface area contributed by atoms with Crippen LogP contribution in [0.4, 0.5) is 5.82 Å². The maximum absolute atomic E-state index is 4.39. The molecule has 0 saturated heterocycles. The molecular formula is C13H11Br2N5. The van der Waals surface area contributed by atoms with Crippen LogP contribution in [0.15, 0.2) is 45.9 Å². The summed E-state index contributed by atoms with van der Waals surface area (Å²) in [6.45, 7) is 2.05. The van der Waals surface area contributed by atoms with Crippen molar-refractivity contribution in [3.05, 3.63) is 51.6 Å². The molecule has 0 aromatic carbocycles. The minimum Gasteiger partial charge on any atom is -0.360 e. The van der Waals surface area contributed by atoms with Crippen LogP contribution < -0.4 is 5.32 Å². The van der Waals surface area contributed by atoms with Crippen LogP contribution in [0.5, 0.6) is 0 Å². The quantitative estimate of drug-likeness (QED) is 0.731. The van der Waals surface area contributed by atoms with E-state index in [9.17, 15) is 0 Å². The van der Waals surface area contributed by atoms with Gasteiger partial charge in [-0.25, -0.2) is 9.50 Å². The van der Waals surface area contributed by atoms with E-state index in [1.54, 1.807) is 23.1 Å². The molecule has 3 aromatic rings. The van der Waals surface area contributed by atoms with Gasteiger partial charge in [-0.1, -0.05) is 0 Å². The number of halogens is 2. The van der Waals surface area contributed by atoms with Gasteiger partial charge in [-0.2, -0.15) is 5.10 Å². The van der Waals surface area contributed by atoms with Crippen LogP contribution in [-0.4, -0.2) is 19.6 Å². The number of aromatic nitrogens is 4. The maximum Gasteiger partial charge on any atom is 0.153 e. The van der Waals surface area contributed by atoms with Gasteiger partial charge in [0.05, 0.1) is 22.4 Å². The van der Waals surface area contributed by atoms with Crippen LogP contribution in [0, 0.1) is 0 Å². The number of fused-ring (bicyclic) bond motifs is 1. The molecule has 1 unspecified atom stereocenters. The van der Waals surface area contributed by atoms with E-state index in [1.165, 1.54) is 0 Å². The number of nitrogens with one attached hydrogen (secondary N) is 1. The number of hydrogen-bond acceptors (Lipinski definition) is 4. The zero-order chi connectivity index (χ0) is 14.1. The smallest absolute Gasteiger partial charge is 0.153 e. The first-order chi connectivity index (χ1) is 9.65. The predicted octanol–water partition coefficient (Wildman–Crippen LogP) is 3.82. The van der Waals surface area contributed by atoms with Gasteiger partial charge in [-0.15, -0.1) is 0 Å². The Labute approximate surface area is 132 Å². The molecule has 0 bridgehead atoms. The third kappa shape index (κ3) is 2.55. The zero-order valence-electron chi connectivity index (χ0n) is 10.6. The maximum atomic E-state index is 4.39. The van der Waals surface area contributed by atoms with E-state index in [2.05, 4.69) is 52.2 Å². The lowest BCUT2D eigenvalue weighted by atomic mass is 10.2. The highest BCUT2D eigenvalue weighted by atomic mass is 79.9. The van der Waals surface area contributed by atoms with Gasteiger partial charge in [0.1, 0.15) is 5.52 Å². The molecule has 5 nitrogen and oxygen atoms in total. The largest absolute Gasteiger partial charge is 0.360 e. The van der Waals surface area contributed by atoms with Crippen molar-refractivity contribution >= 4 is 43.2 Å². The van der Waals surface area contributed by atoms with Gasteiger partial charge in [0.25, 0.3) is 0 Å². The summed E-state index contributed by atoms with van der Waals surface area (Å²) >= 11 is 6.87. The lowest BCUT2D eigenvalue weighted by Gasteiger charge is -2.14. The highest BCUT2D eigenvalue weighted by Crippen LogP contribution is 2.26. The Bertz CT molecular complexity index is 738. The normalized spacial score (nSPS) is 12.6. The van der Waals surface area contributed by atoms with Crippen LogP contribution >= 0.6 is 31.9 Å². The zero-order valence-corrected chi connectivity index (χ0v) is 13.8. The fraction of sp³-hybridized carbons (Fsp3) is 0.154. The average Bonchev–Trinajstić information content (AvgIpc) is 2.82. The highest BCUT2D eigenvalue weighted by Gasteiger charge is 2.12. The minimum atomic E-state index is 0.0450. The number of nitrogens with zero attached hydrogens (tertiary/aromatic N) is 4. The van der Waals surface area contributed by atoms with Gasteiger partial charge in [0.15, 0.2) is 5.82 Å². The molecule has 0 radical (unpaired) electrons. The number of rotatable bonds is 3. The van der Waals surface area contributed by atoms with E-state index in [0.717, 1.165) is 26.0 Å². The first kappa shape index (κ1) is 13.5. The van der Waals surface area contributed by atoms with Gasteiger partial charge in [-0.05, 0) is 50.9 Å². The molecule has 102 valence electrons. The Morgan fingerprint density at radius 3 is 2.80 bits per heavy atom. The molecule has 7 heteroatoms. The molecule has 0 aliphatic rings. The fourth-order valence-electron chi connectivity index (χ4n) is 1.94. The average molecular weight is 397 g/mol. The van der Waals surface area contributed by atoms with E-state index in [0.29, 0.717) is 0 Å². The van der Waals surface area contributed by atoms with Gasteiger partial charge < -0.3 is 5.32 Å². The van der Waals surface area contributed by atoms with Crippen molar-refractivity contribution in [2.75, 3.05) is 5.32 Å². The Balaban J connectivity index is 1.93. The Kier molecular flexibility index (Phi) is 3.71. The molecule has 3 rings (SSSR count). The third-order valence-corrected chi connectivity index (χ3v) is 3.98. The summed E-state index contributed by atoms with van der Waals surface area (Å²) in [4.78, 5) is 8.78. The van der Waals surface area contributed by atoms with Gasteiger partial charge in [-0.3, -0.25) is 4.98 Å². The molecule has 20 heavy (non-hydrogen) atoms. The van der Waals surface area contributed by atoms with Crippen LogP contribution in [0.2, 0.25) is 0 Å². The summed E-state index contributed by atoms with van der Waals surface area (Å²) < 4.78 is 3.65. The topological polar surface area (TPSA) is 55.1 Å². The number of anilines is 1. The molecule has 1 N–H and O–H groups in total. The van der Waals surface area contributed by atoms with Crippen molar-refractivity contribution in [1.29, 1.82) is 0 Å². The second kappa shape index (κ2) is 5.49. The van der Waals surface area contributed by atoms with Crippen LogP contribution in [-0.2, 0) is 0 Å². The second-order valence-corrected chi connectivity index (χ2v) is 6.10. The van der Waals surface area contributed by atoms with Crippen LogP contribution in [0.1, 0.15) is 18.7 Å². The predicted molar refractivity (Wildman–Crippen MR) is 84.7 cm³/mol. The summed E-state index contributed by atoms with van der Waals surface area (Å²) in [5.41, 5.74) is 1.86. The molecule has 0 fully saturated rings. The molecule has 0 aliphatic heterocycles. The summed E-state index contributed by atoms with van der Waals surface area (Å²) in [6, 6.07) is 4.00. The molecule has 0 aliphatic carbocycles. The molecular weight excluding hydrogens is 386 g/mol. The van der Waals surface area contributed by atoms with Crippen molar-refractivity contribution in [2.45, 2.75) is 13.0 Å². The fourth-order valence-corrected chi connectivity index (χ4v) is 2.63. The van der Waals surface area contributed by atoms with Crippen molar-refractivity contribution in [1.82, 2.24) is 19.6 Å². The van der Waals surface area contributed by atoms with Crippen LogP contribution in [0.3, 0.4) is 0 Å². The summed E-state index contributed by atoms with van der Waals surface area (Å²) in [5.74, 6) is 0.772. The monoisotopic (exact) mass is 395 g/mol.